The summed E-state index contributed by atoms with van der Waals surface area (Å²) in [6, 6.07) is 3.48. The van der Waals surface area contributed by atoms with Crippen LogP contribution in [0.5, 0.6) is 5.75 Å². The highest BCUT2D eigenvalue weighted by molar-refractivity contribution is 9.10. The topological polar surface area (TPSA) is 41.5 Å². The summed E-state index contributed by atoms with van der Waals surface area (Å²) in [6.45, 7) is 1.61. The van der Waals surface area contributed by atoms with Crippen LogP contribution in [-0.2, 0) is 6.54 Å². The second-order valence-electron chi connectivity index (χ2n) is 4.40. The monoisotopic (exact) mass is 337 g/mol. The predicted octanol–water partition coefficient (Wildman–Crippen LogP) is 3.22. The number of halogens is 3. The standard InChI is InChI=1S/C13H18BrF2NO2/c1-8-5-11(14)6-10(12(8)19-13(15)16)7-17-4-3-9(2)18/h5-6,9,13,17-18H,3-4,7H2,1-2H3. The number of rotatable bonds is 7. The maximum Gasteiger partial charge on any atom is 0.387 e. The Balaban J connectivity index is 2.73. The molecule has 108 valence electrons. The lowest BCUT2D eigenvalue weighted by Crippen LogP contribution is -2.19. The lowest BCUT2D eigenvalue weighted by Gasteiger charge is -2.15. The molecule has 1 aromatic carbocycles. The SMILES string of the molecule is Cc1cc(Br)cc(CNCCC(C)O)c1OC(F)F. The molecule has 0 aliphatic rings. The molecule has 0 aliphatic heterocycles. The van der Waals surface area contributed by atoms with E-state index in [1.807, 2.05) is 0 Å². The van der Waals surface area contributed by atoms with Gasteiger partial charge in [-0.25, -0.2) is 0 Å². The number of ether oxygens (including phenoxy) is 1. The molecule has 0 saturated carbocycles. The quantitative estimate of drug-likeness (QED) is 0.750. The Morgan fingerprint density at radius 1 is 1.42 bits per heavy atom. The Labute approximate surface area is 120 Å². The van der Waals surface area contributed by atoms with Gasteiger partial charge in [-0.2, -0.15) is 8.78 Å². The van der Waals surface area contributed by atoms with Crippen LogP contribution in [-0.4, -0.2) is 24.4 Å². The van der Waals surface area contributed by atoms with Crippen molar-refractivity contribution in [3.8, 4) is 5.75 Å². The van der Waals surface area contributed by atoms with Gasteiger partial charge >= 0.3 is 6.61 Å². The number of aliphatic hydroxyl groups is 1. The van der Waals surface area contributed by atoms with Crippen LogP contribution in [0.1, 0.15) is 24.5 Å². The highest BCUT2D eigenvalue weighted by Gasteiger charge is 2.13. The van der Waals surface area contributed by atoms with Crippen LogP contribution in [0, 0.1) is 6.92 Å². The van der Waals surface area contributed by atoms with Crippen LogP contribution in [0.2, 0.25) is 0 Å². The summed E-state index contributed by atoms with van der Waals surface area (Å²) in [7, 11) is 0. The average Bonchev–Trinajstić information content (AvgIpc) is 2.28. The maximum atomic E-state index is 12.4. The van der Waals surface area contributed by atoms with E-state index in [-0.39, 0.29) is 11.9 Å². The lowest BCUT2D eigenvalue weighted by molar-refractivity contribution is -0.0509. The number of benzene rings is 1. The second kappa shape index (κ2) is 7.77. The number of hydrogen-bond donors (Lipinski definition) is 2. The van der Waals surface area contributed by atoms with Crippen LogP contribution < -0.4 is 10.1 Å². The molecule has 3 nitrogen and oxygen atoms in total. The average molecular weight is 338 g/mol. The van der Waals surface area contributed by atoms with E-state index in [9.17, 15) is 8.78 Å². The molecule has 6 heteroatoms. The minimum Gasteiger partial charge on any atom is -0.434 e. The third-order valence-electron chi connectivity index (χ3n) is 2.58. The van der Waals surface area contributed by atoms with E-state index in [0.29, 0.717) is 30.6 Å². The van der Waals surface area contributed by atoms with Gasteiger partial charge in [-0.1, -0.05) is 15.9 Å². The molecule has 0 aliphatic carbocycles. The first-order valence-corrected chi connectivity index (χ1v) is 6.82. The van der Waals surface area contributed by atoms with Crippen molar-refractivity contribution in [3.05, 3.63) is 27.7 Å². The fourth-order valence-corrected chi connectivity index (χ4v) is 2.34. The van der Waals surface area contributed by atoms with Crippen molar-refractivity contribution < 1.29 is 18.6 Å². The van der Waals surface area contributed by atoms with Gasteiger partial charge in [0.25, 0.3) is 0 Å². The van der Waals surface area contributed by atoms with E-state index in [1.54, 1.807) is 26.0 Å². The third kappa shape index (κ3) is 5.84. The molecule has 1 atom stereocenters. The van der Waals surface area contributed by atoms with Gasteiger partial charge in [-0.15, -0.1) is 0 Å². The number of hydrogen-bond acceptors (Lipinski definition) is 3. The van der Waals surface area contributed by atoms with Gasteiger partial charge in [0.15, 0.2) is 0 Å². The molecule has 0 saturated heterocycles. The van der Waals surface area contributed by atoms with Crippen molar-refractivity contribution >= 4 is 15.9 Å². The van der Waals surface area contributed by atoms with Crippen molar-refractivity contribution in [2.75, 3.05) is 6.54 Å². The molecule has 0 heterocycles. The summed E-state index contributed by atoms with van der Waals surface area (Å²) in [6.07, 6.45) is 0.228. The minimum absolute atomic E-state index is 0.211. The number of alkyl halides is 2. The second-order valence-corrected chi connectivity index (χ2v) is 5.32. The molecule has 1 rings (SSSR count). The molecule has 0 fully saturated rings. The molecular formula is C13H18BrF2NO2. The Hall–Kier alpha value is -0.720. The van der Waals surface area contributed by atoms with E-state index in [4.69, 9.17) is 5.11 Å². The summed E-state index contributed by atoms with van der Waals surface area (Å²) in [4.78, 5) is 0. The summed E-state index contributed by atoms with van der Waals surface area (Å²) in [5, 5.41) is 12.2. The van der Waals surface area contributed by atoms with Crippen LogP contribution in [0.25, 0.3) is 0 Å². The number of aliphatic hydroxyl groups excluding tert-OH is 1. The van der Waals surface area contributed by atoms with Crippen LogP contribution in [0.15, 0.2) is 16.6 Å². The van der Waals surface area contributed by atoms with Gasteiger partial charge in [0.05, 0.1) is 6.10 Å². The minimum atomic E-state index is -2.84. The van der Waals surface area contributed by atoms with E-state index in [2.05, 4.69) is 26.0 Å². The fourth-order valence-electron chi connectivity index (χ4n) is 1.72. The molecule has 0 spiro atoms. The molecule has 0 aromatic heterocycles. The van der Waals surface area contributed by atoms with Gasteiger partial charge in [0, 0.05) is 16.6 Å². The third-order valence-corrected chi connectivity index (χ3v) is 3.04. The van der Waals surface area contributed by atoms with Crippen molar-refractivity contribution in [3.63, 3.8) is 0 Å². The van der Waals surface area contributed by atoms with Gasteiger partial charge in [0.1, 0.15) is 5.75 Å². The molecular weight excluding hydrogens is 320 g/mol. The zero-order valence-corrected chi connectivity index (χ0v) is 12.5. The molecule has 1 unspecified atom stereocenters. The molecule has 2 N–H and O–H groups in total. The highest BCUT2D eigenvalue weighted by atomic mass is 79.9. The largest absolute Gasteiger partial charge is 0.434 e. The van der Waals surface area contributed by atoms with E-state index in [0.717, 1.165) is 4.47 Å². The lowest BCUT2D eigenvalue weighted by atomic mass is 10.1. The van der Waals surface area contributed by atoms with Crippen molar-refractivity contribution in [1.29, 1.82) is 0 Å². The van der Waals surface area contributed by atoms with Crippen LogP contribution >= 0.6 is 15.9 Å². The van der Waals surface area contributed by atoms with Gasteiger partial charge in [-0.05, 0) is 44.5 Å². The van der Waals surface area contributed by atoms with Gasteiger partial charge < -0.3 is 15.2 Å². The zero-order chi connectivity index (χ0) is 14.4. The van der Waals surface area contributed by atoms with Crippen LogP contribution in [0.4, 0.5) is 8.78 Å². The van der Waals surface area contributed by atoms with Gasteiger partial charge in [0.2, 0.25) is 0 Å². The Kier molecular flexibility index (Phi) is 6.68. The fraction of sp³-hybridized carbons (Fsp3) is 0.538. The summed E-state index contributed by atoms with van der Waals surface area (Å²) < 4.78 is 30.2. The zero-order valence-electron chi connectivity index (χ0n) is 10.9. The van der Waals surface area contributed by atoms with Crippen molar-refractivity contribution in [2.24, 2.45) is 0 Å². The predicted molar refractivity (Wildman–Crippen MR) is 73.5 cm³/mol. The van der Waals surface area contributed by atoms with Crippen LogP contribution in [0.3, 0.4) is 0 Å². The van der Waals surface area contributed by atoms with E-state index >= 15 is 0 Å². The van der Waals surface area contributed by atoms with Crippen molar-refractivity contribution in [1.82, 2.24) is 5.32 Å². The van der Waals surface area contributed by atoms with E-state index < -0.39 is 6.61 Å². The summed E-state index contributed by atoms with van der Waals surface area (Å²) >= 11 is 3.33. The smallest absolute Gasteiger partial charge is 0.387 e. The Morgan fingerprint density at radius 2 is 2.11 bits per heavy atom. The maximum absolute atomic E-state index is 12.4. The molecule has 0 bridgehead atoms. The summed E-state index contributed by atoms with van der Waals surface area (Å²) in [5.41, 5.74) is 1.32. The first-order chi connectivity index (χ1) is 8.90. The molecule has 0 radical (unpaired) electrons. The Morgan fingerprint density at radius 3 is 2.68 bits per heavy atom. The summed E-state index contributed by atoms with van der Waals surface area (Å²) in [5.74, 6) is 0.211. The molecule has 0 amide bonds. The Bertz CT molecular complexity index is 414. The first-order valence-electron chi connectivity index (χ1n) is 6.02. The van der Waals surface area contributed by atoms with Gasteiger partial charge in [-0.3, -0.25) is 0 Å². The number of aryl methyl sites for hydroxylation is 1. The first kappa shape index (κ1) is 16.3. The molecule has 1 aromatic rings. The molecule has 19 heavy (non-hydrogen) atoms. The number of nitrogens with one attached hydrogen (secondary N) is 1. The van der Waals surface area contributed by atoms with Crippen molar-refractivity contribution in [2.45, 2.75) is 39.5 Å². The normalized spacial score (nSPS) is 12.8. The van der Waals surface area contributed by atoms with E-state index in [1.165, 1.54) is 0 Å². The highest BCUT2D eigenvalue weighted by Crippen LogP contribution is 2.29.